The van der Waals surface area contributed by atoms with E-state index in [1.807, 2.05) is 0 Å². The monoisotopic (exact) mass is 239 g/mol. The zero-order valence-corrected chi connectivity index (χ0v) is 10.1. The molecule has 0 aromatic heterocycles. The minimum atomic E-state index is -0.354. The molecule has 2 aliphatic rings. The van der Waals surface area contributed by atoms with E-state index in [1.54, 1.807) is 0 Å². The first-order valence-electron chi connectivity index (χ1n) is 6.56. The van der Waals surface area contributed by atoms with Crippen molar-refractivity contribution in [1.82, 2.24) is 16.0 Å². The van der Waals surface area contributed by atoms with Crippen molar-refractivity contribution in [2.75, 3.05) is 13.1 Å². The summed E-state index contributed by atoms with van der Waals surface area (Å²) in [4.78, 5) is 23.3. The Morgan fingerprint density at radius 1 is 1.24 bits per heavy atom. The van der Waals surface area contributed by atoms with Gasteiger partial charge < -0.3 is 16.0 Å². The van der Waals surface area contributed by atoms with E-state index in [4.69, 9.17) is 0 Å². The van der Waals surface area contributed by atoms with Gasteiger partial charge in [0.05, 0.1) is 12.5 Å². The van der Waals surface area contributed by atoms with E-state index < -0.39 is 0 Å². The number of amides is 2. The van der Waals surface area contributed by atoms with Crippen molar-refractivity contribution >= 4 is 11.8 Å². The third kappa shape index (κ3) is 3.70. The summed E-state index contributed by atoms with van der Waals surface area (Å²) >= 11 is 0. The average molecular weight is 239 g/mol. The summed E-state index contributed by atoms with van der Waals surface area (Å²) in [5.74, 6) is -0.0681. The maximum absolute atomic E-state index is 11.8. The molecule has 5 nitrogen and oxygen atoms in total. The van der Waals surface area contributed by atoms with Gasteiger partial charge in [-0.1, -0.05) is 19.3 Å². The Morgan fingerprint density at radius 2 is 2.00 bits per heavy atom. The topological polar surface area (TPSA) is 70.2 Å². The lowest BCUT2D eigenvalue weighted by atomic mass is 9.95. The van der Waals surface area contributed by atoms with Crippen LogP contribution in [0.15, 0.2) is 0 Å². The summed E-state index contributed by atoms with van der Waals surface area (Å²) in [5.41, 5.74) is 0. The van der Waals surface area contributed by atoms with Crippen LogP contribution >= 0.6 is 0 Å². The Labute approximate surface area is 102 Å². The molecule has 1 heterocycles. The molecule has 0 radical (unpaired) electrons. The summed E-state index contributed by atoms with van der Waals surface area (Å²) in [5, 5.41) is 8.85. The highest BCUT2D eigenvalue weighted by Gasteiger charge is 2.25. The normalized spacial score (nSPS) is 26.4. The zero-order valence-electron chi connectivity index (χ0n) is 10.1. The van der Waals surface area contributed by atoms with E-state index in [9.17, 15) is 9.59 Å². The smallest absolute Gasteiger partial charge is 0.237 e. The quantitative estimate of drug-likeness (QED) is 0.645. The van der Waals surface area contributed by atoms with Crippen LogP contribution in [0.1, 0.15) is 38.5 Å². The molecule has 1 atom stereocenters. The van der Waals surface area contributed by atoms with Gasteiger partial charge in [0.25, 0.3) is 0 Å². The summed E-state index contributed by atoms with van der Waals surface area (Å²) in [6.07, 6.45) is 6.09. The van der Waals surface area contributed by atoms with Crippen molar-refractivity contribution in [1.29, 1.82) is 0 Å². The van der Waals surface area contributed by atoms with Crippen molar-refractivity contribution in [2.45, 2.75) is 50.6 Å². The van der Waals surface area contributed by atoms with Crippen LogP contribution in [-0.4, -0.2) is 37.0 Å². The molecular formula is C12H21N3O2. The number of rotatable bonds is 3. The van der Waals surface area contributed by atoms with Gasteiger partial charge in [0, 0.05) is 19.1 Å². The summed E-state index contributed by atoms with van der Waals surface area (Å²) in [7, 11) is 0. The van der Waals surface area contributed by atoms with Crippen LogP contribution in [-0.2, 0) is 9.59 Å². The lowest BCUT2D eigenvalue weighted by molar-refractivity contribution is -0.129. The maximum Gasteiger partial charge on any atom is 0.237 e. The highest BCUT2D eigenvalue weighted by Crippen LogP contribution is 2.17. The fourth-order valence-electron chi connectivity index (χ4n) is 2.53. The predicted octanol–water partition coefficient (Wildman–Crippen LogP) is -0.0866. The van der Waals surface area contributed by atoms with Gasteiger partial charge in [0.15, 0.2) is 0 Å². The van der Waals surface area contributed by atoms with Crippen LogP contribution in [0.25, 0.3) is 0 Å². The van der Waals surface area contributed by atoms with Gasteiger partial charge in [0.2, 0.25) is 11.8 Å². The molecule has 1 aliphatic heterocycles. The van der Waals surface area contributed by atoms with Crippen LogP contribution in [0.2, 0.25) is 0 Å². The van der Waals surface area contributed by atoms with Gasteiger partial charge in [-0.2, -0.15) is 0 Å². The Hall–Kier alpha value is -1.10. The van der Waals surface area contributed by atoms with Gasteiger partial charge >= 0.3 is 0 Å². The molecule has 2 rings (SSSR count). The first-order valence-corrected chi connectivity index (χ1v) is 6.56. The van der Waals surface area contributed by atoms with E-state index in [0.29, 0.717) is 12.6 Å². The molecule has 1 saturated heterocycles. The zero-order chi connectivity index (χ0) is 12.1. The van der Waals surface area contributed by atoms with E-state index in [1.165, 1.54) is 19.3 Å². The number of hydrogen-bond donors (Lipinski definition) is 3. The Morgan fingerprint density at radius 3 is 2.71 bits per heavy atom. The molecule has 3 N–H and O–H groups in total. The van der Waals surface area contributed by atoms with Gasteiger partial charge in [0.1, 0.15) is 0 Å². The molecule has 2 fully saturated rings. The molecule has 1 aliphatic carbocycles. The third-order valence-corrected chi connectivity index (χ3v) is 3.49. The molecule has 0 spiro atoms. The van der Waals surface area contributed by atoms with Crippen molar-refractivity contribution in [2.24, 2.45) is 0 Å². The van der Waals surface area contributed by atoms with Crippen molar-refractivity contribution < 1.29 is 9.59 Å². The largest absolute Gasteiger partial charge is 0.353 e. The first kappa shape index (κ1) is 12.4. The lowest BCUT2D eigenvalue weighted by Crippen LogP contribution is -2.54. The second kappa shape index (κ2) is 6.00. The molecule has 0 bridgehead atoms. The lowest BCUT2D eigenvalue weighted by Gasteiger charge is -2.26. The standard InChI is InChI=1S/C12H21N3O2/c16-11(15-9-4-2-1-3-5-9)8-10-12(17)14-7-6-13-10/h9-10,13H,1-8H2,(H,14,17)(H,15,16)/t10-/m1/s1. The van der Waals surface area contributed by atoms with Crippen LogP contribution in [0.3, 0.4) is 0 Å². The molecular weight excluding hydrogens is 218 g/mol. The Kier molecular flexibility index (Phi) is 4.36. The fourth-order valence-corrected chi connectivity index (χ4v) is 2.53. The van der Waals surface area contributed by atoms with Gasteiger partial charge in [-0.05, 0) is 12.8 Å². The average Bonchev–Trinajstić information content (AvgIpc) is 2.33. The van der Waals surface area contributed by atoms with Crippen molar-refractivity contribution in [3.8, 4) is 0 Å². The summed E-state index contributed by atoms with van der Waals surface area (Å²) < 4.78 is 0. The molecule has 0 aromatic rings. The van der Waals surface area contributed by atoms with Gasteiger partial charge in [-0.3, -0.25) is 9.59 Å². The summed E-state index contributed by atoms with van der Waals surface area (Å²) in [6.45, 7) is 1.40. The van der Waals surface area contributed by atoms with E-state index in [-0.39, 0.29) is 24.3 Å². The molecule has 0 unspecified atom stereocenters. The van der Waals surface area contributed by atoms with E-state index >= 15 is 0 Å². The number of piperazine rings is 1. The number of carbonyl (C=O) groups excluding carboxylic acids is 2. The molecule has 17 heavy (non-hydrogen) atoms. The maximum atomic E-state index is 11.8. The highest BCUT2D eigenvalue weighted by atomic mass is 16.2. The number of carbonyl (C=O) groups is 2. The molecule has 96 valence electrons. The van der Waals surface area contributed by atoms with Crippen LogP contribution in [0.4, 0.5) is 0 Å². The van der Waals surface area contributed by atoms with E-state index in [0.717, 1.165) is 19.4 Å². The van der Waals surface area contributed by atoms with Crippen LogP contribution in [0, 0.1) is 0 Å². The van der Waals surface area contributed by atoms with Gasteiger partial charge in [-0.25, -0.2) is 0 Å². The SMILES string of the molecule is O=C(C[C@H]1NCCNC1=O)NC1CCCCC1. The van der Waals surface area contributed by atoms with Gasteiger partial charge in [-0.15, -0.1) is 0 Å². The minimum Gasteiger partial charge on any atom is -0.353 e. The second-order valence-corrected chi connectivity index (χ2v) is 4.90. The molecule has 5 heteroatoms. The van der Waals surface area contributed by atoms with E-state index in [2.05, 4.69) is 16.0 Å². The minimum absolute atomic E-state index is 0.00792. The van der Waals surface area contributed by atoms with Crippen LogP contribution < -0.4 is 16.0 Å². The second-order valence-electron chi connectivity index (χ2n) is 4.90. The van der Waals surface area contributed by atoms with Crippen molar-refractivity contribution in [3.05, 3.63) is 0 Å². The number of nitrogens with one attached hydrogen (secondary N) is 3. The Bertz CT molecular complexity index is 287. The van der Waals surface area contributed by atoms with Crippen molar-refractivity contribution in [3.63, 3.8) is 0 Å². The molecule has 0 aromatic carbocycles. The molecule has 2 amide bonds. The highest BCUT2D eigenvalue weighted by molar-refractivity contribution is 5.88. The predicted molar refractivity (Wildman–Crippen MR) is 64.4 cm³/mol. The molecule has 1 saturated carbocycles. The summed E-state index contributed by atoms with van der Waals surface area (Å²) in [6, 6.07) is -0.0322. The first-order chi connectivity index (χ1) is 8.25. The Balaban J connectivity index is 1.74. The van der Waals surface area contributed by atoms with Crippen LogP contribution in [0.5, 0.6) is 0 Å². The fraction of sp³-hybridized carbons (Fsp3) is 0.833. The third-order valence-electron chi connectivity index (χ3n) is 3.49. The number of hydrogen-bond acceptors (Lipinski definition) is 3.